The Hall–Kier alpha value is -0.410. The van der Waals surface area contributed by atoms with Gasteiger partial charge in [0, 0.05) is 38.6 Å². The molecule has 0 saturated heterocycles. The van der Waals surface area contributed by atoms with Crippen molar-refractivity contribution in [3.05, 3.63) is 0 Å². The molecule has 3 heteroatoms. The standard InChI is InChI=1S/C12H21NO2/c1-15-8-7-13(10-5-6-10)11-3-2-4-12(14)9-11/h10-11H,2-9H2,1H3. The molecule has 2 saturated carbocycles. The van der Waals surface area contributed by atoms with E-state index >= 15 is 0 Å². The number of carbonyl (C=O) groups excluding carboxylic acids is 1. The van der Waals surface area contributed by atoms with Crippen molar-refractivity contribution in [1.29, 1.82) is 0 Å². The lowest BCUT2D eigenvalue weighted by atomic mass is 9.93. The number of methoxy groups -OCH3 is 1. The van der Waals surface area contributed by atoms with E-state index in [4.69, 9.17) is 4.74 Å². The number of ether oxygens (including phenoxy) is 1. The largest absolute Gasteiger partial charge is 0.383 e. The minimum Gasteiger partial charge on any atom is -0.383 e. The fourth-order valence-electron chi connectivity index (χ4n) is 2.55. The summed E-state index contributed by atoms with van der Waals surface area (Å²) in [5.41, 5.74) is 0. The fraction of sp³-hybridized carbons (Fsp3) is 0.917. The van der Waals surface area contributed by atoms with Crippen molar-refractivity contribution in [2.24, 2.45) is 0 Å². The Kier molecular flexibility index (Phi) is 3.76. The van der Waals surface area contributed by atoms with E-state index < -0.39 is 0 Å². The van der Waals surface area contributed by atoms with Gasteiger partial charge in [0.15, 0.2) is 0 Å². The molecule has 0 aromatic carbocycles. The lowest BCUT2D eigenvalue weighted by molar-refractivity contribution is -0.122. The number of Topliss-reactive ketones (excluding diaryl/α,β-unsaturated/α-hetero) is 1. The van der Waals surface area contributed by atoms with Gasteiger partial charge in [0.05, 0.1) is 6.61 Å². The summed E-state index contributed by atoms with van der Waals surface area (Å²) in [7, 11) is 1.75. The van der Waals surface area contributed by atoms with Gasteiger partial charge in [-0.05, 0) is 25.7 Å². The van der Waals surface area contributed by atoms with Gasteiger partial charge < -0.3 is 4.74 Å². The van der Waals surface area contributed by atoms with Crippen LogP contribution in [-0.2, 0) is 9.53 Å². The van der Waals surface area contributed by atoms with Gasteiger partial charge in [-0.25, -0.2) is 0 Å². The highest BCUT2D eigenvalue weighted by Crippen LogP contribution is 2.32. The quantitative estimate of drug-likeness (QED) is 0.692. The van der Waals surface area contributed by atoms with E-state index in [1.807, 2.05) is 0 Å². The van der Waals surface area contributed by atoms with Crippen LogP contribution in [0.15, 0.2) is 0 Å². The predicted octanol–water partition coefficient (Wildman–Crippen LogP) is 1.61. The number of carbonyl (C=O) groups is 1. The van der Waals surface area contributed by atoms with Crippen molar-refractivity contribution in [3.8, 4) is 0 Å². The number of ketones is 1. The van der Waals surface area contributed by atoms with Crippen LogP contribution >= 0.6 is 0 Å². The summed E-state index contributed by atoms with van der Waals surface area (Å²) >= 11 is 0. The van der Waals surface area contributed by atoms with Gasteiger partial charge in [0.2, 0.25) is 0 Å². The maximum atomic E-state index is 11.4. The minimum atomic E-state index is 0.453. The van der Waals surface area contributed by atoms with Crippen LogP contribution in [0.2, 0.25) is 0 Å². The van der Waals surface area contributed by atoms with Crippen molar-refractivity contribution in [2.75, 3.05) is 20.3 Å². The molecule has 2 fully saturated rings. The van der Waals surface area contributed by atoms with Crippen molar-refractivity contribution in [2.45, 2.75) is 50.6 Å². The summed E-state index contributed by atoms with van der Waals surface area (Å²) in [6.45, 7) is 1.79. The number of hydrogen-bond donors (Lipinski definition) is 0. The zero-order chi connectivity index (χ0) is 10.7. The monoisotopic (exact) mass is 211 g/mol. The van der Waals surface area contributed by atoms with Gasteiger partial charge in [-0.15, -0.1) is 0 Å². The molecule has 1 unspecified atom stereocenters. The molecular weight excluding hydrogens is 190 g/mol. The molecule has 0 bridgehead atoms. The molecule has 0 N–H and O–H groups in total. The molecule has 15 heavy (non-hydrogen) atoms. The van der Waals surface area contributed by atoms with Gasteiger partial charge in [0.1, 0.15) is 5.78 Å². The van der Waals surface area contributed by atoms with E-state index in [9.17, 15) is 4.79 Å². The lowest BCUT2D eigenvalue weighted by Crippen LogP contribution is -2.42. The maximum Gasteiger partial charge on any atom is 0.134 e. The number of nitrogens with zero attached hydrogens (tertiary/aromatic N) is 1. The second-order valence-corrected chi connectivity index (χ2v) is 4.75. The summed E-state index contributed by atoms with van der Waals surface area (Å²) in [5, 5.41) is 0. The molecule has 0 aromatic rings. The van der Waals surface area contributed by atoms with Crippen molar-refractivity contribution >= 4 is 5.78 Å². The van der Waals surface area contributed by atoms with Crippen molar-refractivity contribution < 1.29 is 9.53 Å². The van der Waals surface area contributed by atoms with Crippen LogP contribution < -0.4 is 0 Å². The first kappa shape index (κ1) is 11.1. The van der Waals surface area contributed by atoms with Crippen LogP contribution in [0.1, 0.15) is 38.5 Å². The zero-order valence-electron chi connectivity index (χ0n) is 9.58. The third-order valence-electron chi connectivity index (χ3n) is 3.49. The van der Waals surface area contributed by atoms with E-state index in [-0.39, 0.29) is 0 Å². The molecule has 3 nitrogen and oxygen atoms in total. The Morgan fingerprint density at radius 3 is 2.73 bits per heavy atom. The van der Waals surface area contributed by atoms with E-state index in [0.717, 1.165) is 38.5 Å². The van der Waals surface area contributed by atoms with Gasteiger partial charge >= 0.3 is 0 Å². The third kappa shape index (κ3) is 3.02. The molecule has 2 aliphatic carbocycles. The van der Waals surface area contributed by atoms with Gasteiger partial charge in [-0.2, -0.15) is 0 Å². The fourth-order valence-corrected chi connectivity index (χ4v) is 2.55. The molecular formula is C12H21NO2. The highest BCUT2D eigenvalue weighted by atomic mass is 16.5. The first-order valence-electron chi connectivity index (χ1n) is 6.07. The maximum absolute atomic E-state index is 11.4. The Morgan fingerprint density at radius 2 is 2.13 bits per heavy atom. The smallest absolute Gasteiger partial charge is 0.134 e. The minimum absolute atomic E-state index is 0.453. The van der Waals surface area contributed by atoms with Crippen LogP contribution in [0.25, 0.3) is 0 Å². The van der Waals surface area contributed by atoms with Gasteiger partial charge in [-0.1, -0.05) is 0 Å². The summed E-state index contributed by atoms with van der Waals surface area (Å²) in [6.07, 6.45) is 6.49. The van der Waals surface area contributed by atoms with Crippen LogP contribution in [0.5, 0.6) is 0 Å². The Labute approximate surface area is 91.8 Å². The molecule has 0 aromatic heterocycles. The van der Waals surface area contributed by atoms with Gasteiger partial charge in [-0.3, -0.25) is 9.69 Å². The van der Waals surface area contributed by atoms with Crippen molar-refractivity contribution in [1.82, 2.24) is 4.90 Å². The molecule has 2 aliphatic rings. The topological polar surface area (TPSA) is 29.5 Å². The van der Waals surface area contributed by atoms with Gasteiger partial charge in [0.25, 0.3) is 0 Å². The third-order valence-corrected chi connectivity index (χ3v) is 3.49. The van der Waals surface area contributed by atoms with E-state index in [1.54, 1.807) is 7.11 Å². The molecule has 2 rings (SSSR count). The molecule has 86 valence electrons. The summed E-state index contributed by atoms with van der Waals surface area (Å²) in [4.78, 5) is 14.0. The zero-order valence-corrected chi connectivity index (χ0v) is 9.58. The van der Waals surface area contributed by atoms with Crippen LogP contribution in [0.4, 0.5) is 0 Å². The highest BCUT2D eigenvalue weighted by molar-refractivity contribution is 5.79. The Balaban J connectivity index is 1.87. The van der Waals surface area contributed by atoms with Crippen LogP contribution in [0, 0.1) is 0 Å². The SMILES string of the molecule is COCCN(C1CC1)C1CCCC(=O)C1. The van der Waals surface area contributed by atoms with E-state index in [2.05, 4.69) is 4.90 Å². The molecule has 0 aliphatic heterocycles. The second-order valence-electron chi connectivity index (χ2n) is 4.75. The lowest BCUT2D eigenvalue weighted by Gasteiger charge is -2.33. The average Bonchev–Trinajstić information content (AvgIpc) is 3.03. The average molecular weight is 211 g/mol. The molecule has 0 amide bonds. The summed E-state index contributed by atoms with van der Waals surface area (Å²) in [6, 6.07) is 1.25. The van der Waals surface area contributed by atoms with E-state index in [0.29, 0.717) is 11.8 Å². The van der Waals surface area contributed by atoms with Crippen molar-refractivity contribution in [3.63, 3.8) is 0 Å². The van der Waals surface area contributed by atoms with E-state index in [1.165, 1.54) is 19.3 Å². The van der Waals surface area contributed by atoms with Crippen LogP contribution in [-0.4, -0.2) is 43.0 Å². The number of rotatable bonds is 5. The Morgan fingerprint density at radius 1 is 1.33 bits per heavy atom. The Bertz CT molecular complexity index is 226. The van der Waals surface area contributed by atoms with Crippen LogP contribution in [0.3, 0.4) is 0 Å². The highest BCUT2D eigenvalue weighted by Gasteiger charge is 2.35. The number of hydrogen-bond acceptors (Lipinski definition) is 3. The molecule has 1 atom stereocenters. The second kappa shape index (κ2) is 5.08. The first-order valence-corrected chi connectivity index (χ1v) is 6.07. The molecule has 0 heterocycles. The molecule has 0 radical (unpaired) electrons. The normalized spacial score (nSPS) is 27.3. The predicted molar refractivity (Wildman–Crippen MR) is 58.9 cm³/mol. The molecule has 0 spiro atoms. The summed E-state index contributed by atoms with van der Waals surface area (Å²) < 4.78 is 5.14. The first-order chi connectivity index (χ1) is 7.31. The summed E-state index contributed by atoms with van der Waals surface area (Å²) in [5.74, 6) is 0.453.